The fourth-order valence-electron chi connectivity index (χ4n) is 6.50. The summed E-state index contributed by atoms with van der Waals surface area (Å²) < 4.78 is 5.25. The van der Waals surface area contributed by atoms with Crippen molar-refractivity contribution in [1.29, 1.82) is 0 Å². The number of unbranched alkanes of at least 4 members (excludes halogenated alkanes) is 27. The largest absolute Gasteiger partial charge is 0.256 e. The maximum absolute atomic E-state index is 2.63. The predicted molar refractivity (Wildman–Crippen MR) is 184 cm³/mol. The van der Waals surface area contributed by atoms with Crippen LogP contribution in [0.25, 0.3) is 0 Å². The fraction of sp³-hybridized carbons (Fsp3) is 0.923. The zero-order valence-electron chi connectivity index (χ0n) is 28.9. The fourth-order valence-corrected chi connectivity index (χ4v) is 6.50. The minimum Gasteiger partial charge on any atom is -0.234 e. The van der Waals surface area contributed by atoms with Gasteiger partial charge in [0, 0.05) is 6.42 Å². The lowest BCUT2D eigenvalue weighted by molar-refractivity contribution is -0.704. The number of nitrogens with zero attached hydrogens (tertiary/aromatic N) is 2. The van der Waals surface area contributed by atoms with Gasteiger partial charge in [0.05, 0.1) is 13.1 Å². The van der Waals surface area contributed by atoms with Gasteiger partial charge < -0.3 is 0 Å². The van der Waals surface area contributed by atoms with Gasteiger partial charge in [-0.05, 0) is 32.1 Å². The van der Waals surface area contributed by atoms with Gasteiger partial charge in [0.25, 0.3) is 5.82 Å². The number of rotatable bonds is 33. The smallest absolute Gasteiger partial charge is 0.234 e. The Labute approximate surface area is 259 Å². The Hall–Kier alpha value is -0.790. The molecule has 0 aliphatic heterocycles. The van der Waals surface area contributed by atoms with Crippen LogP contribution in [0.1, 0.15) is 219 Å². The summed E-state index contributed by atoms with van der Waals surface area (Å²) >= 11 is 0. The Kier molecular flexibility index (Phi) is 28.6. The summed E-state index contributed by atoms with van der Waals surface area (Å²) in [5.74, 6) is 1.62. The van der Waals surface area contributed by atoms with Crippen molar-refractivity contribution in [3.8, 4) is 0 Å². The van der Waals surface area contributed by atoms with Gasteiger partial charge in [-0.3, -0.25) is 0 Å². The van der Waals surface area contributed by atoms with E-state index in [1.54, 1.807) is 5.82 Å². The lowest BCUT2D eigenvalue weighted by Crippen LogP contribution is -2.37. The second-order valence-electron chi connectivity index (χ2n) is 13.4. The van der Waals surface area contributed by atoms with Crippen molar-refractivity contribution in [2.45, 2.75) is 233 Å². The molecule has 0 unspecified atom stereocenters. The van der Waals surface area contributed by atoms with Crippen LogP contribution in [-0.2, 0) is 19.5 Å². The Morgan fingerprint density at radius 1 is 0.415 bits per heavy atom. The molecule has 0 aromatic carbocycles. The van der Waals surface area contributed by atoms with Gasteiger partial charge in [-0.15, -0.1) is 0 Å². The number of hydrogen-bond donors (Lipinski definition) is 0. The molecule has 0 spiro atoms. The molecule has 1 aromatic rings. The molecule has 1 heterocycles. The molecule has 0 radical (unpaired) electrons. The van der Waals surface area contributed by atoms with Crippen LogP contribution in [0, 0.1) is 0 Å². The van der Waals surface area contributed by atoms with Gasteiger partial charge in [-0.2, -0.15) is 0 Å². The highest BCUT2D eigenvalue weighted by atomic mass is 15.1. The summed E-state index contributed by atoms with van der Waals surface area (Å²) in [4.78, 5) is 0. The topological polar surface area (TPSA) is 8.81 Å². The van der Waals surface area contributed by atoms with E-state index in [9.17, 15) is 0 Å². The van der Waals surface area contributed by atoms with Crippen LogP contribution in [0.15, 0.2) is 12.4 Å². The van der Waals surface area contributed by atoms with Gasteiger partial charge in [0.15, 0.2) is 0 Å². The van der Waals surface area contributed by atoms with Crippen molar-refractivity contribution in [3.05, 3.63) is 18.2 Å². The van der Waals surface area contributed by atoms with E-state index in [1.807, 2.05) is 0 Å². The molecule has 2 nitrogen and oxygen atoms in total. The molecule has 0 saturated heterocycles. The molecule has 2 heteroatoms. The minimum atomic E-state index is 1.23. The van der Waals surface area contributed by atoms with E-state index in [4.69, 9.17) is 0 Å². The van der Waals surface area contributed by atoms with Crippen molar-refractivity contribution in [1.82, 2.24) is 4.57 Å². The van der Waals surface area contributed by atoms with Crippen LogP contribution >= 0.6 is 0 Å². The van der Waals surface area contributed by atoms with Gasteiger partial charge in [-0.1, -0.05) is 181 Å². The first-order chi connectivity index (χ1) is 20.3. The number of imidazole rings is 1. The van der Waals surface area contributed by atoms with Crippen LogP contribution in [0.3, 0.4) is 0 Å². The van der Waals surface area contributed by atoms with Crippen LogP contribution in [0.4, 0.5) is 0 Å². The minimum absolute atomic E-state index is 1.23. The first-order valence-electron chi connectivity index (χ1n) is 19.4. The molecule has 1 aromatic heterocycles. The van der Waals surface area contributed by atoms with Gasteiger partial charge in [0.1, 0.15) is 12.4 Å². The van der Waals surface area contributed by atoms with Crippen LogP contribution in [-0.4, -0.2) is 4.57 Å². The molecule has 0 bridgehead atoms. The molecule has 0 fully saturated rings. The van der Waals surface area contributed by atoms with E-state index < -0.39 is 0 Å². The quantitative estimate of drug-likeness (QED) is 0.0584. The normalized spacial score (nSPS) is 11.6. The van der Waals surface area contributed by atoms with Crippen LogP contribution in [0.2, 0.25) is 0 Å². The lowest BCUT2D eigenvalue weighted by atomic mass is 10.0. The maximum atomic E-state index is 2.63. The summed E-state index contributed by atoms with van der Waals surface area (Å²) in [5, 5.41) is 0. The Morgan fingerprint density at radius 2 is 0.756 bits per heavy atom. The van der Waals surface area contributed by atoms with E-state index in [2.05, 4.69) is 42.3 Å². The molecule has 41 heavy (non-hydrogen) atoms. The third-order valence-electron chi connectivity index (χ3n) is 9.35. The average molecular weight is 574 g/mol. The summed E-state index contributed by atoms with van der Waals surface area (Å²) in [7, 11) is 0. The number of aromatic nitrogens is 2. The molecular weight excluding hydrogens is 496 g/mol. The summed E-state index contributed by atoms with van der Waals surface area (Å²) in [5.41, 5.74) is 0. The van der Waals surface area contributed by atoms with E-state index in [-0.39, 0.29) is 0 Å². The third-order valence-corrected chi connectivity index (χ3v) is 9.35. The van der Waals surface area contributed by atoms with E-state index >= 15 is 0 Å². The zero-order valence-corrected chi connectivity index (χ0v) is 28.9. The molecule has 0 saturated carbocycles. The van der Waals surface area contributed by atoms with Crippen molar-refractivity contribution in [3.63, 3.8) is 0 Å². The lowest BCUT2D eigenvalue weighted by Gasteiger charge is -2.07. The molecule has 1 rings (SSSR count). The van der Waals surface area contributed by atoms with Gasteiger partial charge in [0.2, 0.25) is 0 Å². The second kappa shape index (κ2) is 30.7. The Balaban J connectivity index is 2.25. The van der Waals surface area contributed by atoms with Gasteiger partial charge >= 0.3 is 0 Å². The monoisotopic (exact) mass is 574 g/mol. The van der Waals surface area contributed by atoms with Gasteiger partial charge in [-0.25, -0.2) is 9.13 Å². The third kappa shape index (κ3) is 23.4. The molecule has 242 valence electrons. The molecule has 0 N–H and O–H groups in total. The first kappa shape index (κ1) is 38.2. The highest BCUT2D eigenvalue weighted by molar-refractivity contribution is 4.84. The predicted octanol–water partition coefficient (Wildman–Crippen LogP) is 13.1. The second-order valence-corrected chi connectivity index (χ2v) is 13.4. The summed E-state index contributed by atoms with van der Waals surface area (Å²) in [6.07, 6.45) is 48.9. The number of hydrogen-bond acceptors (Lipinski definition) is 0. The Bertz CT molecular complexity index is 634. The molecule has 0 amide bonds. The van der Waals surface area contributed by atoms with Crippen molar-refractivity contribution < 1.29 is 4.57 Å². The molecule has 0 aliphatic rings. The van der Waals surface area contributed by atoms with E-state index in [1.165, 1.54) is 212 Å². The number of aryl methyl sites for hydroxylation is 2. The van der Waals surface area contributed by atoms with Crippen molar-refractivity contribution in [2.75, 3.05) is 0 Å². The van der Waals surface area contributed by atoms with Crippen molar-refractivity contribution in [2.24, 2.45) is 0 Å². The van der Waals surface area contributed by atoms with Crippen LogP contribution < -0.4 is 4.57 Å². The molecule has 0 aliphatic carbocycles. The van der Waals surface area contributed by atoms with E-state index in [0.717, 1.165) is 0 Å². The van der Waals surface area contributed by atoms with Crippen LogP contribution in [0.5, 0.6) is 0 Å². The highest BCUT2D eigenvalue weighted by Gasteiger charge is 2.16. The van der Waals surface area contributed by atoms with E-state index in [0.29, 0.717) is 0 Å². The first-order valence-corrected chi connectivity index (χ1v) is 19.4. The summed E-state index contributed by atoms with van der Waals surface area (Å²) in [6.45, 7) is 9.40. The SMILES string of the molecule is CCCCCCCCCCCCCCCC[n+]1ccn(CCCCCCCC)c1CCCCCCCCCCCC. The Morgan fingerprint density at radius 3 is 1.17 bits per heavy atom. The molecule has 0 atom stereocenters. The summed E-state index contributed by atoms with van der Waals surface area (Å²) in [6, 6.07) is 0. The standard InChI is InChI=1S/C39H77N2/c1-4-7-10-13-16-18-20-21-22-23-25-27-30-33-36-41-38-37-40(35-32-29-15-12-9-6-3)39(41)34-31-28-26-24-19-17-14-11-8-5-2/h37-38H,4-36H2,1-3H3/q+1. The van der Waals surface area contributed by atoms with Crippen molar-refractivity contribution >= 4 is 0 Å². The maximum Gasteiger partial charge on any atom is 0.256 e. The zero-order chi connectivity index (χ0) is 29.5. The highest BCUT2D eigenvalue weighted by Crippen LogP contribution is 2.15. The average Bonchev–Trinajstić information content (AvgIpc) is 3.37. The molecular formula is C39H77N2+.